The van der Waals surface area contributed by atoms with E-state index in [1.165, 1.54) is 0 Å². The van der Waals surface area contributed by atoms with Crippen LogP contribution in [-0.2, 0) is 0 Å². The third-order valence-electron chi connectivity index (χ3n) is 3.78. The molecule has 0 aliphatic carbocycles. The Bertz CT molecular complexity index is 472. The van der Waals surface area contributed by atoms with E-state index in [-0.39, 0.29) is 24.3 Å². The highest BCUT2D eigenvalue weighted by atomic mass is 16.6. The van der Waals surface area contributed by atoms with Crippen molar-refractivity contribution in [1.82, 2.24) is 9.80 Å². The number of aliphatic hydroxyl groups is 1. The van der Waals surface area contributed by atoms with Gasteiger partial charge in [-0.15, -0.1) is 0 Å². The van der Waals surface area contributed by atoms with Crippen molar-refractivity contribution in [3.63, 3.8) is 0 Å². The third kappa shape index (κ3) is 3.77. The molecule has 2 unspecified atom stereocenters. The lowest BCUT2D eigenvalue weighted by atomic mass is 9.97. The zero-order valence-electron chi connectivity index (χ0n) is 12.9. The maximum absolute atomic E-state index is 12.4. The number of aliphatic hydroxyl groups excluding tert-OH is 1. The van der Waals surface area contributed by atoms with Crippen LogP contribution in [0.5, 0.6) is 5.95 Å². The molecule has 118 valence electrons. The van der Waals surface area contributed by atoms with E-state index in [1.807, 2.05) is 21.0 Å². The molecule has 2 heterocycles. The van der Waals surface area contributed by atoms with E-state index in [0.29, 0.717) is 31.4 Å². The van der Waals surface area contributed by atoms with E-state index in [4.69, 9.17) is 9.15 Å². The van der Waals surface area contributed by atoms with E-state index < -0.39 is 0 Å². The largest absolute Gasteiger partial charge is 0.465 e. The number of amides is 1. The first-order valence-electron chi connectivity index (χ1n) is 7.32. The Morgan fingerprint density at radius 2 is 2.14 bits per heavy atom. The van der Waals surface area contributed by atoms with Crippen molar-refractivity contribution in [2.45, 2.75) is 6.92 Å². The van der Waals surface area contributed by atoms with Gasteiger partial charge in [0.15, 0.2) is 5.76 Å². The van der Waals surface area contributed by atoms with E-state index in [2.05, 4.69) is 4.90 Å². The van der Waals surface area contributed by atoms with Gasteiger partial charge in [-0.3, -0.25) is 4.79 Å². The van der Waals surface area contributed by atoms with Crippen molar-refractivity contribution >= 4 is 5.91 Å². The van der Waals surface area contributed by atoms with Gasteiger partial charge in [0.2, 0.25) is 0 Å². The molecular weight excluding hydrogens is 272 g/mol. The molecule has 6 nitrogen and oxygen atoms in total. The Kier molecular flexibility index (Phi) is 5.25. The average Bonchev–Trinajstić information content (AvgIpc) is 3.04. The van der Waals surface area contributed by atoms with Crippen molar-refractivity contribution in [2.75, 3.05) is 46.9 Å². The summed E-state index contributed by atoms with van der Waals surface area (Å²) in [6, 6.07) is 3.30. The summed E-state index contributed by atoms with van der Waals surface area (Å²) in [6.45, 7) is 4.54. The molecule has 2 rings (SSSR count). The average molecular weight is 296 g/mol. The first-order valence-corrected chi connectivity index (χ1v) is 7.32. The van der Waals surface area contributed by atoms with Gasteiger partial charge in [0.25, 0.3) is 11.9 Å². The van der Waals surface area contributed by atoms with Gasteiger partial charge in [0.05, 0.1) is 6.61 Å². The first kappa shape index (κ1) is 15.9. The number of likely N-dealkylation sites (tertiary alicyclic amines) is 1. The lowest BCUT2D eigenvalue weighted by molar-refractivity contribution is 0.0739. The van der Waals surface area contributed by atoms with Crippen LogP contribution in [0.25, 0.3) is 0 Å². The summed E-state index contributed by atoms with van der Waals surface area (Å²) in [5, 5.41) is 9.49. The predicted molar refractivity (Wildman–Crippen MR) is 78.4 cm³/mol. The van der Waals surface area contributed by atoms with E-state index in [0.717, 1.165) is 6.54 Å². The number of ether oxygens (including phenoxy) is 1. The monoisotopic (exact) mass is 296 g/mol. The van der Waals surface area contributed by atoms with Crippen molar-refractivity contribution < 1.29 is 19.1 Å². The summed E-state index contributed by atoms with van der Waals surface area (Å²) in [5.74, 6) is 0.929. The van der Waals surface area contributed by atoms with Crippen molar-refractivity contribution in [1.29, 1.82) is 0 Å². The number of rotatable bonds is 6. The van der Waals surface area contributed by atoms with E-state index >= 15 is 0 Å². The molecular formula is C15H24N2O4. The van der Waals surface area contributed by atoms with Crippen LogP contribution < -0.4 is 4.74 Å². The molecule has 1 amide bonds. The van der Waals surface area contributed by atoms with E-state index in [9.17, 15) is 9.90 Å². The highest BCUT2D eigenvalue weighted by molar-refractivity contribution is 5.91. The lowest BCUT2D eigenvalue weighted by Gasteiger charge is -2.20. The topological polar surface area (TPSA) is 66.2 Å². The first-order chi connectivity index (χ1) is 10.0. The predicted octanol–water partition coefficient (Wildman–Crippen LogP) is 0.920. The van der Waals surface area contributed by atoms with Gasteiger partial charge in [-0.1, -0.05) is 0 Å². The summed E-state index contributed by atoms with van der Waals surface area (Å²) in [4.78, 5) is 16.3. The normalized spacial score (nSPS) is 22.0. The van der Waals surface area contributed by atoms with Gasteiger partial charge in [0.1, 0.15) is 0 Å². The molecule has 1 fully saturated rings. The summed E-state index contributed by atoms with van der Waals surface area (Å²) < 4.78 is 10.6. The SMILES string of the molecule is CCOc1ccc(C(=O)N2CC(CO)C(CN(C)C)C2)o1. The molecule has 1 aromatic heterocycles. The second kappa shape index (κ2) is 6.95. The maximum atomic E-state index is 12.4. The quantitative estimate of drug-likeness (QED) is 0.845. The van der Waals surface area contributed by atoms with Crippen LogP contribution in [0, 0.1) is 11.8 Å². The summed E-state index contributed by atoms with van der Waals surface area (Å²) in [5.41, 5.74) is 0. The van der Waals surface area contributed by atoms with Crippen LogP contribution in [0.2, 0.25) is 0 Å². The van der Waals surface area contributed by atoms with Crippen LogP contribution >= 0.6 is 0 Å². The summed E-state index contributed by atoms with van der Waals surface area (Å²) in [7, 11) is 4.00. The van der Waals surface area contributed by atoms with Gasteiger partial charge in [-0.25, -0.2) is 0 Å². The van der Waals surface area contributed by atoms with E-state index in [1.54, 1.807) is 17.0 Å². The lowest BCUT2D eigenvalue weighted by Crippen LogP contribution is -2.30. The Hall–Kier alpha value is -1.53. The highest BCUT2D eigenvalue weighted by Gasteiger charge is 2.36. The Morgan fingerprint density at radius 3 is 2.76 bits per heavy atom. The molecule has 1 aliphatic heterocycles. The Labute approximate surface area is 125 Å². The van der Waals surface area contributed by atoms with Crippen LogP contribution in [0.15, 0.2) is 16.5 Å². The second-order valence-corrected chi connectivity index (χ2v) is 5.73. The number of hydrogen-bond acceptors (Lipinski definition) is 5. The molecule has 1 N–H and O–H groups in total. The van der Waals surface area contributed by atoms with Gasteiger partial charge in [-0.2, -0.15) is 0 Å². The fourth-order valence-electron chi connectivity index (χ4n) is 2.80. The fraction of sp³-hybridized carbons (Fsp3) is 0.667. The standard InChI is InChI=1S/C15H24N2O4/c1-4-20-14-6-5-13(21-14)15(19)17-8-11(7-16(2)3)12(9-17)10-18/h5-6,11-12,18H,4,7-10H2,1-3H3. The Morgan fingerprint density at radius 1 is 1.43 bits per heavy atom. The smallest absolute Gasteiger partial charge is 0.289 e. The van der Waals surface area contributed by atoms with Crippen LogP contribution in [0.1, 0.15) is 17.5 Å². The number of carbonyl (C=O) groups excluding carboxylic acids is 1. The molecule has 0 saturated carbocycles. The van der Waals surface area contributed by atoms with Crippen LogP contribution in [0.4, 0.5) is 0 Å². The van der Waals surface area contributed by atoms with Gasteiger partial charge in [0, 0.05) is 38.2 Å². The number of carbonyl (C=O) groups is 1. The Balaban J connectivity index is 2.02. The molecule has 2 atom stereocenters. The minimum Gasteiger partial charge on any atom is -0.465 e. The fourth-order valence-corrected chi connectivity index (χ4v) is 2.80. The molecule has 1 saturated heterocycles. The van der Waals surface area contributed by atoms with Crippen LogP contribution in [0.3, 0.4) is 0 Å². The molecule has 0 bridgehead atoms. The van der Waals surface area contributed by atoms with Crippen LogP contribution in [-0.4, -0.2) is 67.8 Å². The van der Waals surface area contributed by atoms with Gasteiger partial charge in [-0.05, 0) is 33.0 Å². The summed E-state index contributed by atoms with van der Waals surface area (Å²) >= 11 is 0. The highest BCUT2D eigenvalue weighted by Crippen LogP contribution is 2.26. The molecule has 1 aliphatic rings. The second-order valence-electron chi connectivity index (χ2n) is 5.73. The van der Waals surface area contributed by atoms with Crippen molar-refractivity contribution in [2.24, 2.45) is 11.8 Å². The molecule has 6 heteroatoms. The molecule has 0 spiro atoms. The number of furan rings is 1. The summed E-state index contributed by atoms with van der Waals surface area (Å²) in [6.07, 6.45) is 0. The zero-order valence-corrected chi connectivity index (χ0v) is 12.9. The maximum Gasteiger partial charge on any atom is 0.289 e. The number of nitrogens with zero attached hydrogens (tertiary/aromatic N) is 2. The van der Waals surface area contributed by atoms with Crippen molar-refractivity contribution in [3.05, 3.63) is 17.9 Å². The zero-order chi connectivity index (χ0) is 15.4. The van der Waals surface area contributed by atoms with Crippen molar-refractivity contribution in [3.8, 4) is 5.95 Å². The number of hydrogen-bond donors (Lipinski definition) is 1. The molecule has 1 aromatic rings. The molecule has 21 heavy (non-hydrogen) atoms. The molecule has 0 radical (unpaired) electrons. The minimum atomic E-state index is -0.138. The third-order valence-corrected chi connectivity index (χ3v) is 3.78. The molecule has 0 aromatic carbocycles. The minimum absolute atomic E-state index is 0.102. The van der Waals surface area contributed by atoms with Gasteiger partial charge >= 0.3 is 0 Å². The van der Waals surface area contributed by atoms with Gasteiger partial charge < -0.3 is 24.1 Å².